The number of carbonyl (C=O) groups excluding carboxylic acids is 1. The first-order chi connectivity index (χ1) is 8.81. The molecule has 100 valence electrons. The molecular formula is C14H23N3O. The molecule has 0 radical (unpaired) electrons. The van der Waals surface area contributed by atoms with Gasteiger partial charge in [0, 0.05) is 12.6 Å². The Labute approximate surface area is 109 Å². The normalized spacial score (nSPS) is 28.2. The molecule has 0 aromatic rings. The van der Waals surface area contributed by atoms with Crippen LogP contribution in [0.25, 0.3) is 0 Å². The van der Waals surface area contributed by atoms with Crippen molar-refractivity contribution < 1.29 is 4.79 Å². The van der Waals surface area contributed by atoms with Gasteiger partial charge < -0.3 is 5.32 Å². The van der Waals surface area contributed by atoms with Crippen molar-refractivity contribution in [2.75, 3.05) is 19.6 Å². The molecule has 1 aliphatic heterocycles. The molecule has 1 amide bonds. The average Bonchev–Trinajstić information content (AvgIpc) is 2.39. The molecule has 1 saturated heterocycles. The largest absolute Gasteiger partial charge is 0.354 e. The van der Waals surface area contributed by atoms with Crippen LogP contribution in [0, 0.1) is 17.2 Å². The van der Waals surface area contributed by atoms with E-state index in [9.17, 15) is 4.79 Å². The first-order valence-corrected chi connectivity index (χ1v) is 7.19. The number of amides is 1. The number of hydrogen-bond donors (Lipinski definition) is 1. The lowest BCUT2D eigenvalue weighted by molar-refractivity contribution is -0.123. The highest BCUT2D eigenvalue weighted by Crippen LogP contribution is 2.34. The molecule has 1 heterocycles. The van der Waals surface area contributed by atoms with E-state index in [1.54, 1.807) is 0 Å². The second-order valence-corrected chi connectivity index (χ2v) is 5.48. The minimum absolute atomic E-state index is 0.0801. The van der Waals surface area contributed by atoms with Gasteiger partial charge in [0.15, 0.2) is 0 Å². The molecule has 1 aliphatic carbocycles. The van der Waals surface area contributed by atoms with Crippen molar-refractivity contribution in [1.82, 2.24) is 10.2 Å². The van der Waals surface area contributed by atoms with E-state index in [-0.39, 0.29) is 5.91 Å². The number of nitrogens with zero attached hydrogens (tertiary/aromatic N) is 2. The highest BCUT2D eigenvalue weighted by atomic mass is 16.2. The van der Waals surface area contributed by atoms with Crippen LogP contribution in [0.15, 0.2) is 0 Å². The predicted octanol–water partition coefficient (Wildman–Crippen LogP) is 1.67. The standard InChI is InChI=1S/C14H23N3O/c15-8-4-9-16-14(18)11-17-10-3-6-12-5-1-2-7-13(12)17/h12-13H,1-7,9-11H2,(H,16,18). The number of piperidine rings is 1. The van der Waals surface area contributed by atoms with Gasteiger partial charge in [0.1, 0.15) is 0 Å². The number of nitriles is 1. The summed E-state index contributed by atoms with van der Waals surface area (Å²) in [6, 6.07) is 2.68. The van der Waals surface area contributed by atoms with Crippen molar-refractivity contribution >= 4 is 5.91 Å². The van der Waals surface area contributed by atoms with Gasteiger partial charge in [-0.25, -0.2) is 0 Å². The third-order valence-electron chi connectivity index (χ3n) is 4.26. The number of hydrogen-bond acceptors (Lipinski definition) is 3. The first kappa shape index (κ1) is 13.4. The Morgan fingerprint density at radius 3 is 2.89 bits per heavy atom. The second kappa shape index (κ2) is 6.75. The van der Waals surface area contributed by atoms with Crippen LogP contribution < -0.4 is 5.32 Å². The van der Waals surface area contributed by atoms with Gasteiger partial charge in [-0.15, -0.1) is 0 Å². The summed E-state index contributed by atoms with van der Waals surface area (Å²) in [5.74, 6) is 0.899. The number of likely N-dealkylation sites (tertiary alicyclic amines) is 1. The monoisotopic (exact) mass is 249 g/mol. The topological polar surface area (TPSA) is 56.1 Å². The van der Waals surface area contributed by atoms with Crippen LogP contribution in [0.1, 0.15) is 44.9 Å². The predicted molar refractivity (Wildman–Crippen MR) is 69.8 cm³/mol. The Bertz CT molecular complexity index is 321. The zero-order valence-corrected chi connectivity index (χ0v) is 11.0. The van der Waals surface area contributed by atoms with Gasteiger partial charge in [-0.3, -0.25) is 9.69 Å². The maximum absolute atomic E-state index is 11.8. The van der Waals surface area contributed by atoms with Gasteiger partial charge in [0.2, 0.25) is 5.91 Å². The maximum atomic E-state index is 11.8. The molecule has 1 N–H and O–H groups in total. The lowest BCUT2D eigenvalue weighted by Crippen LogP contribution is -2.50. The van der Waals surface area contributed by atoms with Crippen molar-refractivity contribution in [2.24, 2.45) is 5.92 Å². The summed E-state index contributed by atoms with van der Waals surface area (Å²) in [5, 5.41) is 11.3. The number of nitrogens with one attached hydrogen (secondary N) is 1. The maximum Gasteiger partial charge on any atom is 0.234 e. The molecule has 2 atom stereocenters. The molecule has 18 heavy (non-hydrogen) atoms. The summed E-state index contributed by atoms with van der Waals surface area (Å²) < 4.78 is 0. The average molecular weight is 249 g/mol. The van der Waals surface area contributed by atoms with Gasteiger partial charge in [-0.05, 0) is 38.1 Å². The summed E-state index contributed by atoms with van der Waals surface area (Å²) in [7, 11) is 0. The molecule has 0 aromatic heterocycles. The van der Waals surface area contributed by atoms with E-state index < -0.39 is 0 Å². The SMILES string of the molecule is N#CCCNC(=O)CN1CCCC2CCCCC21. The van der Waals surface area contributed by atoms with E-state index in [1.165, 1.54) is 38.5 Å². The first-order valence-electron chi connectivity index (χ1n) is 7.19. The lowest BCUT2D eigenvalue weighted by Gasteiger charge is -2.43. The van der Waals surface area contributed by atoms with E-state index in [0.717, 1.165) is 12.5 Å². The lowest BCUT2D eigenvalue weighted by atomic mass is 9.78. The van der Waals surface area contributed by atoms with Gasteiger partial charge >= 0.3 is 0 Å². The summed E-state index contributed by atoms with van der Waals surface area (Å²) in [6.45, 7) is 2.07. The van der Waals surface area contributed by atoms with E-state index >= 15 is 0 Å². The van der Waals surface area contributed by atoms with E-state index in [4.69, 9.17) is 5.26 Å². The number of rotatable bonds is 4. The van der Waals surface area contributed by atoms with Crippen LogP contribution in [0.2, 0.25) is 0 Å². The molecule has 2 rings (SSSR count). The summed E-state index contributed by atoms with van der Waals surface area (Å²) in [5.41, 5.74) is 0. The molecule has 2 unspecified atom stereocenters. The van der Waals surface area contributed by atoms with Crippen LogP contribution in [0.4, 0.5) is 0 Å². The Morgan fingerprint density at radius 2 is 2.06 bits per heavy atom. The van der Waals surface area contributed by atoms with E-state index in [1.807, 2.05) is 6.07 Å². The number of fused-ring (bicyclic) bond motifs is 1. The second-order valence-electron chi connectivity index (χ2n) is 5.48. The highest BCUT2D eigenvalue weighted by Gasteiger charge is 2.33. The Hall–Kier alpha value is -1.08. The fraction of sp³-hybridized carbons (Fsp3) is 0.857. The zero-order valence-electron chi connectivity index (χ0n) is 11.0. The molecule has 2 aliphatic rings. The van der Waals surface area contributed by atoms with Crippen molar-refractivity contribution in [3.63, 3.8) is 0 Å². The van der Waals surface area contributed by atoms with Crippen LogP contribution >= 0.6 is 0 Å². The summed E-state index contributed by atoms with van der Waals surface area (Å²) >= 11 is 0. The molecule has 4 nitrogen and oxygen atoms in total. The molecule has 0 aromatic carbocycles. The van der Waals surface area contributed by atoms with Crippen molar-refractivity contribution in [1.29, 1.82) is 5.26 Å². The summed E-state index contributed by atoms with van der Waals surface area (Å²) in [6.07, 6.45) is 8.26. The zero-order chi connectivity index (χ0) is 12.8. The summed E-state index contributed by atoms with van der Waals surface area (Å²) in [4.78, 5) is 14.2. The molecule has 2 fully saturated rings. The molecule has 4 heteroatoms. The third kappa shape index (κ3) is 3.46. The fourth-order valence-electron chi connectivity index (χ4n) is 3.42. The Balaban J connectivity index is 1.80. The van der Waals surface area contributed by atoms with E-state index in [0.29, 0.717) is 25.6 Å². The molecule has 0 bridgehead atoms. The van der Waals surface area contributed by atoms with Crippen LogP contribution in [-0.4, -0.2) is 36.5 Å². The van der Waals surface area contributed by atoms with E-state index in [2.05, 4.69) is 10.2 Å². The highest BCUT2D eigenvalue weighted by molar-refractivity contribution is 5.78. The quantitative estimate of drug-likeness (QED) is 0.771. The van der Waals surface area contributed by atoms with Crippen molar-refractivity contribution in [3.05, 3.63) is 0 Å². The van der Waals surface area contributed by atoms with Crippen LogP contribution in [-0.2, 0) is 4.79 Å². The molecule has 0 spiro atoms. The minimum atomic E-state index is 0.0801. The minimum Gasteiger partial charge on any atom is -0.354 e. The van der Waals surface area contributed by atoms with Crippen LogP contribution in [0.3, 0.4) is 0 Å². The third-order valence-corrected chi connectivity index (χ3v) is 4.26. The van der Waals surface area contributed by atoms with Gasteiger partial charge in [-0.1, -0.05) is 12.8 Å². The van der Waals surface area contributed by atoms with Gasteiger partial charge in [0.25, 0.3) is 0 Å². The van der Waals surface area contributed by atoms with Gasteiger partial charge in [-0.2, -0.15) is 5.26 Å². The van der Waals surface area contributed by atoms with Gasteiger partial charge in [0.05, 0.1) is 19.0 Å². The Kier molecular flexibility index (Phi) is 5.00. The molecular weight excluding hydrogens is 226 g/mol. The molecule has 1 saturated carbocycles. The fourth-order valence-corrected chi connectivity index (χ4v) is 3.42. The van der Waals surface area contributed by atoms with Crippen LogP contribution in [0.5, 0.6) is 0 Å². The Morgan fingerprint density at radius 1 is 1.28 bits per heavy atom. The smallest absolute Gasteiger partial charge is 0.234 e. The van der Waals surface area contributed by atoms with Crippen molar-refractivity contribution in [2.45, 2.75) is 51.0 Å². The van der Waals surface area contributed by atoms with Crippen molar-refractivity contribution in [3.8, 4) is 6.07 Å². The number of carbonyl (C=O) groups is 1.